The Morgan fingerprint density at radius 2 is 1.68 bits per heavy atom. The molecule has 0 aliphatic heterocycles. The summed E-state index contributed by atoms with van der Waals surface area (Å²) in [5.41, 5.74) is 1.81. The van der Waals surface area contributed by atoms with Gasteiger partial charge in [-0.15, -0.1) is 10.2 Å². The van der Waals surface area contributed by atoms with Crippen molar-refractivity contribution in [1.82, 2.24) is 14.8 Å². The number of thioether (sulfide) groups is 1. The van der Waals surface area contributed by atoms with Gasteiger partial charge in [-0.25, -0.2) is 8.78 Å². The summed E-state index contributed by atoms with van der Waals surface area (Å²) < 4.78 is 28.3. The molecule has 1 N–H and O–H groups in total. The molecule has 1 heterocycles. The van der Waals surface area contributed by atoms with Gasteiger partial charge in [0.1, 0.15) is 11.6 Å². The molecule has 5 nitrogen and oxygen atoms in total. The van der Waals surface area contributed by atoms with Crippen molar-refractivity contribution in [2.75, 3.05) is 11.1 Å². The Bertz CT molecular complexity index is 1220. The van der Waals surface area contributed by atoms with Gasteiger partial charge in [-0.2, -0.15) is 0 Å². The van der Waals surface area contributed by atoms with Gasteiger partial charge >= 0.3 is 0 Å². The van der Waals surface area contributed by atoms with Crippen LogP contribution in [0.2, 0.25) is 5.02 Å². The first-order valence-corrected chi connectivity index (χ1v) is 10.5. The minimum atomic E-state index is -0.485. The molecule has 9 heteroatoms. The van der Waals surface area contributed by atoms with E-state index < -0.39 is 5.82 Å². The zero-order valence-electron chi connectivity index (χ0n) is 15.9. The van der Waals surface area contributed by atoms with Crippen molar-refractivity contribution in [1.29, 1.82) is 0 Å². The fraction of sp³-hybridized carbons (Fsp3) is 0.0455. The van der Waals surface area contributed by atoms with Crippen LogP contribution in [0.4, 0.5) is 14.5 Å². The molecule has 0 atom stereocenters. The van der Waals surface area contributed by atoms with Gasteiger partial charge in [0.2, 0.25) is 5.91 Å². The minimum Gasteiger partial charge on any atom is -0.324 e. The third-order valence-electron chi connectivity index (χ3n) is 4.29. The lowest BCUT2D eigenvalue weighted by Crippen LogP contribution is -2.15. The van der Waals surface area contributed by atoms with Crippen LogP contribution in [0.1, 0.15) is 0 Å². The fourth-order valence-electron chi connectivity index (χ4n) is 2.87. The number of rotatable bonds is 6. The van der Waals surface area contributed by atoms with Gasteiger partial charge in [-0.05, 0) is 54.6 Å². The number of carbonyl (C=O) groups is 1. The number of carbonyl (C=O) groups excluding carboxylic acids is 1. The van der Waals surface area contributed by atoms with Crippen LogP contribution in [0.25, 0.3) is 17.1 Å². The summed E-state index contributed by atoms with van der Waals surface area (Å²) in [5.74, 6) is -0.607. The number of hydrogen-bond donors (Lipinski definition) is 1. The van der Waals surface area contributed by atoms with Crippen LogP contribution in [-0.2, 0) is 4.79 Å². The maximum absolute atomic E-state index is 13.3. The number of nitrogens with zero attached hydrogens (tertiary/aromatic N) is 3. The molecule has 0 radical (unpaired) electrons. The second-order valence-electron chi connectivity index (χ2n) is 6.45. The maximum Gasteiger partial charge on any atom is 0.234 e. The zero-order chi connectivity index (χ0) is 21.8. The second-order valence-corrected chi connectivity index (χ2v) is 7.79. The van der Waals surface area contributed by atoms with Crippen molar-refractivity contribution in [2.24, 2.45) is 0 Å². The van der Waals surface area contributed by atoms with E-state index in [1.165, 1.54) is 36.0 Å². The summed E-state index contributed by atoms with van der Waals surface area (Å²) in [4.78, 5) is 12.4. The molecule has 0 bridgehead atoms. The average molecular weight is 457 g/mol. The Morgan fingerprint density at radius 3 is 2.39 bits per heavy atom. The zero-order valence-corrected chi connectivity index (χ0v) is 17.5. The van der Waals surface area contributed by atoms with E-state index in [4.69, 9.17) is 11.6 Å². The van der Waals surface area contributed by atoms with Gasteiger partial charge in [0.05, 0.1) is 16.5 Å². The summed E-state index contributed by atoms with van der Waals surface area (Å²) in [5, 5.41) is 11.7. The highest BCUT2D eigenvalue weighted by Crippen LogP contribution is 2.28. The maximum atomic E-state index is 13.3. The molecule has 3 aromatic carbocycles. The van der Waals surface area contributed by atoms with E-state index in [9.17, 15) is 13.6 Å². The van der Waals surface area contributed by atoms with Gasteiger partial charge in [-0.3, -0.25) is 9.36 Å². The Balaban J connectivity index is 1.58. The average Bonchev–Trinajstić information content (AvgIpc) is 3.19. The smallest absolute Gasteiger partial charge is 0.234 e. The Hall–Kier alpha value is -3.23. The van der Waals surface area contributed by atoms with Crippen LogP contribution >= 0.6 is 23.4 Å². The predicted octanol–water partition coefficient (Wildman–Crippen LogP) is 5.60. The number of amides is 1. The molecule has 156 valence electrons. The molecular weight excluding hydrogens is 442 g/mol. The van der Waals surface area contributed by atoms with Crippen molar-refractivity contribution >= 4 is 35.0 Å². The number of anilines is 1. The van der Waals surface area contributed by atoms with Crippen molar-refractivity contribution in [3.05, 3.63) is 89.5 Å². The Kier molecular flexibility index (Phi) is 6.29. The molecular formula is C22H15ClF2N4OS. The fourth-order valence-corrected chi connectivity index (χ4v) is 3.83. The molecule has 1 aromatic heterocycles. The van der Waals surface area contributed by atoms with Crippen LogP contribution in [-0.4, -0.2) is 26.4 Å². The monoisotopic (exact) mass is 456 g/mol. The quantitative estimate of drug-likeness (QED) is 0.384. The van der Waals surface area contributed by atoms with E-state index in [0.717, 1.165) is 11.8 Å². The molecule has 0 aliphatic carbocycles. The number of halogens is 3. The van der Waals surface area contributed by atoms with E-state index in [1.54, 1.807) is 16.7 Å². The highest BCUT2D eigenvalue weighted by Gasteiger charge is 2.17. The predicted molar refractivity (Wildman–Crippen MR) is 118 cm³/mol. The molecule has 0 aliphatic rings. The number of hydrogen-bond acceptors (Lipinski definition) is 4. The summed E-state index contributed by atoms with van der Waals surface area (Å²) in [7, 11) is 0. The molecule has 0 saturated heterocycles. The summed E-state index contributed by atoms with van der Waals surface area (Å²) in [6.45, 7) is 0. The van der Waals surface area contributed by atoms with Gasteiger partial charge in [0.25, 0.3) is 0 Å². The van der Waals surface area contributed by atoms with Gasteiger partial charge in [-0.1, -0.05) is 41.6 Å². The lowest BCUT2D eigenvalue weighted by atomic mass is 10.2. The second kappa shape index (κ2) is 9.28. The molecule has 0 saturated carbocycles. The van der Waals surface area contributed by atoms with Crippen LogP contribution in [0, 0.1) is 11.6 Å². The molecule has 0 unspecified atom stereocenters. The standard InChI is InChI=1S/C22H15ClF2N4OS/c23-18-12-16(25)10-11-19(18)26-20(30)13-31-22-28-27-21(14-6-8-15(24)9-7-14)29(22)17-4-2-1-3-5-17/h1-12H,13H2,(H,26,30). The van der Waals surface area contributed by atoms with E-state index in [1.807, 2.05) is 30.3 Å². The largest absolute Gasteiger partial charge is 0.324 e. The van der Waals surface area contributed by atoms with Gasteiger partial charge in [0.15, 0.2) is 11.0 Å². The van der Waals surface area contributed by atoms with Gasteiger partial charge < -0.3 is 5.32 Å². The SMILES string of the molecule is O=C(CSc1nnc(-c2ccc(F)cc2)n1-c1ccccc1)Nc1ccc(F)cc1Cl. The third-order valence-corrected chi connectivity index (χ3v) is 5.53. The number of aromatic nitrogens is 3. The molecule has 4 aromatic rings. The molecule has 4 rings (SSSR count). The van der Waals surface area contributed by atoms with Crippen LogP contribution in [0.15, 0.2) is 78.0 Å². The summed E-state index contributed by atoms with van der Waals surface area (Å²) >= 11 is 7.15. The van der Waals surface area contributed by atoms with Crippen molar-refractivity contribution < 1.29 is 13.6 Å². The first-order valence-electron chi connectivity index (χ1n) is 9.16. The van der Waals surface area contributed by atoms with Crippen LogP contribution < -0.4 is 5.32 Å². The van der Waals surface area contributed by atoms with Crippen LogP contribution in [0.5, 0.6) is 0 Å². The lowest BCUT2D eigenvalue weighted by molar-refractivity contribution is -0.113. The van der Waals surface area contributed by atoms with Crippen molar-refractivity contribution in [3.63, 3.8) is 0 Å². The Labute approximate surface area is 186 Å². The number of nitrogens with one attached hydrogen (secondary N) is 1. The molecule has 31 heavy (non-hydrogen) atoms. The normalized spacial score (nSPS) is 10.8. The van der Waals surface area contributed by atoms with Crippen molar-refractivity contribution in [3.8, 4) is 17.1 Å². The number of para-hydroxylation sites is 1. The van der Waals surface area contributed by atoms with E-state index >= 15 is 0 Å². The Morgan fingerprint density at radius 1 is 0.968 bits per heavy atom. The highest BCUT2D eigenvalue weighted by molar-refractivity contribution is 7.99. The van der Waals surface area contributed by atoms with Crippen LogP contribution in [0.3, 0.4) is 0 Å². The number of benzene rings is 3. The summed E-state index contributed by atoms with van der Waals surface area (Å²) in [6, 6.07) is 19.1. The molecule has 0 spiro atoms. The topological polar surface area (TPSA) is 59.8 Å². The lowest BCUT2D eigenvalue weighted by Gasteiger charge is -2.11. The molecule has 0 fully saturated rings. The first kappa shape index (κ1) is 21.0. The third kappa shape index (κ3) is 4.92. The first-order chi connectivity index (χ1) is 15.0. The highest BCUT2D eigenvalue weighted by atomic mass is 35.5. The van der Waals surface area contributed by atoms with E-state index in [-0.39, 0.29) is 22.5 Å². The van der Waals surface area contributed by atoms with Crippen molar-refractivity contribution in [2.45, 2.75) is 5.16 Å². The van der Waals surface area contributed by atoms with E-state index in [2.05, 4.69) is 15.5 Å². The summed E-state index contributed by atoms with van der Waals surface area (Å²) in [6.07, 6.45) is 0. The molecule has 1 amide bonds. The minimum absolute atomic E-state index is 0.0299. The van der Waals surface area contributed by atoms with Gasteiger partial charge in [0, 0.05) is 11.3 Å². The van der Waals surface area contributed by atoms with E-state index in [0.29, 0.717) is 22.2 Å².